The van der Waals surface area contributed by atoms with Gasteiger partial charge in [-0.05, 0) is 80.6 Å². The molecule has 3 aliphatic carbocycles. The highest BCUT2D eigenvalue weighted by Gasteiger charge is 2.34. The first-order valence-electron chi connectivity index (χ1n) is 10.9. The van der Waals surface area contributed by atoms with Crippen LogP contribution in [0.25, 0.3) is 0 Å². The van der Waals surface area contributed by atoms with E-state index in [4.69, 9.17) is 4.99 Å². The van der Waals surface area contributed by atoms with Crippen molar-refractivity contribution < 1.29 is 0 Å². The number of aryl methyl sites for hydroxylation is 2. The highest BCUT2D eigenvalue weighted by Crippen LogP contribution is 2.45. The van der Waals surface area contributed by atoms with Crippen LogP contribution in [-0.2, 0) is 6.42 Å². The van der Waals surface area contributed by atoms with Crippen LogP contribution in [-0.4, -0.2) is 5.71 Å². The number of fused-ring (bicyclic) bond motifs is 5. The van der Waals surface area contributed by atoms with Gasteiger partial charge in [-0.25, -0.2) is 0 Å². The highest BCUT2D eigenvalue weighted by atomic mass is 14.7. The number of allylic oxidation sites excluding steroid dienone is 5. The molecular weight excluding hydrogens is 326 g/mol. The predicted molar refractivity (Wildman–Crippen MR) is 114 cm³/mol. The summed E-state index contributed by atoms with van der Waals surface area (Å²) in [6.45, 7) is 4.59. The molecule has 27 heavy (non-hydrogen) atoms. The Bertz CT molecular complexity index is 866. The molecule has 4 aliphatic rings. The van der Waals surface area contributed by atoms with Crippen molar-refractivity contribution in [3.8, 4) is 0 Å². The molecular formula is C26H31N. The molecule has 0 aromatic heterocycles. The first-order valence-corrected chi connectivity index (χ1v) is 10.9. The second kappa shape index (κ2) is 6.93. The van der Waals surface area contributed by atoms with Crippen LogP contribution in [0.4, 0.5) is 0 Å². The molecule has 1 heteroatoms. The van der Waals surface area contributed by atoms with Gasteiger partial charge < -0.3 is 0 Å². The summed E-state index contributed by atoms with van der Waals surface area (Å²) in [4.78, 5) is 4.90. The number of hydrogen-bond donors (Lipinski definition) is 0. The molecule has 4 atom stereocenters. The summed E-state index contributed by atoms with van der Waals surface area (Å²) in [7, 11) is 0. The Morgan fingerprint density at radius 2 is 1.78 bits per heavy atom. The van der Waals surface area contributed by atoms with Crippen LogP contribution in [0, 0.1) is 30.6 Å². The Balaban J connectivity index is 1.65. The summed E-state index contributed by atoms with van der Waals surface area (Å²) in [6, 6.07) is 7.14. The van der Waals surface area contributed by atoms with E-state index in [1.165, 1.54) is 72.9 Å². The second-order valence-electron chi connectivity index (χ2n) is 9.18. The molecule has 0 radical (unpaired) electrons. The summed E-state index contributed by atoms with van der Waals surface area (Å²) >= 11 is 0. The zero-order chi connectivity index (χ0) is 18.4. The van der Waals surface area contributed by atoms with E-state index in [0.29, 0.717) is 11.8 Å². The van der Waals surface area contributed by atoms with E-state index in [2.05, 4.69) is 50.3 Å². The van der Waals surface area contributed by atoms with Gasteiger partial charge in [0.2, 0.25) is 0 Å². The molecule has 140 valence electrons. The molecule has 5 rings (SSSR count). The Kier molecular flexibility index (Phi) is 4.42. The lowest BCUT2D eigenvalue weighted by molar-refractivity contribution is 0.252. The van der Waals surface area contributed by atoms with Crippen LogP contribution in [0.3, 0.4) is 0 Å². The molecule has 1 aliphatic heterocycles. The van der Waals surface area contributed by atoms with Crippen LogP contribution < -0.4 is 0 Å². The van der Waals surface area contributed by atoms with Gasteiger partial charge in [0.05, 0.1) is 5.71 Å². The molecule has 0 spiro atoms. The summed E-state index contributed by atoms with van der Waals surface area (Å²) in [5.74, 6) is 2.51. The number of hydrogen-bond acceptors (Lipinski definition) is 1. The van der Waals surface area contributed by atoms with E-state index in [9.17, 15) is 0 Å². The van der Waals surface area contributed by atoms with E-state index in [1.807, 2.05) is 6.20 Å². The monoisotopic (exact) mass is 357 g/mol. The van der Waals surface area contributed by atoms with Gasteiger partial charge in [0.15, 0.2) is 0 Å². The quantitative estimate of drug-likeness (QED) is 0.498. The summed E-state index contributed by atoms with van der Waals surface area (Å²) in [5.41, 5.74) is 8.67. The zero-order valence-corrected chi connectivity index (χ0v) is 16.7. The summed E-state index contributed by atoms with van der Waals surface area (Å²) in [5, 5.41) is 0. The van der Waals surface area contributed by atoms with Gasteiger partial charge >= 0.3 is 0 Å². The van der Waals surface area contributed by atoms with Gasteiger partial charge in [-0.15, -0.1) is 0 Å². The van der Waals surface area contributed by atoms with Crippen molar-refractivity contribution in [1.82, 2.24) is 0 Å². The lowest BCUT2D eigenvalue weighted by atomic mass is 9.67. The van der Waals surface area contributed by atoms with Gasteiger partial charge in [0.1, 0.15) is 0 Å². The van der Waals surface area contributed by atoms with Crippen molar-refractivity contribution >= 4 is 5.71 Å². The maximum absolute atomic E-state index is 4.90. The van der Waals surface area contributed by atoms with E-state index in [0.717, 1.165) is 11.8 Å². The Morgan fingerprint density at radius 1 is 0.926 bits per heavy atom. The van der Waals surface area contributed by atoms with E-state index < -0.39 is 0 Å². The van der Waals surface area contributed by atoms with Crippen molar-refractivity contribution in [2.45, 2.75) is 58.8 Å². The molecule has 1 aromatic rings. The van der Waals surface area contributed by atoms with Crippen LogP contribution in [0.1, 0.15) is 62.1 Å². The molecule has 1 fully saturated rings. The zero-order valence-electron chi connectivity index (χ0n) is 16.7. The van der Waals surface area contributed by atoms with E-state index in [1.54, 1.807) is 5.57 Å². The fourth-order valence-corrected chi connectivity index (χ4v) is 6.04. The molecule has 1 nitrogen and oxygen atoms in total. The van der Waals surface area contributed by atoms with E-state index >= 15 is 0 Å². The fourth-order valence-electron chi connectivity index (χ4n) is 6.04. The first-order chi connectivity index (χ1) is 13.2. The van der Waals surface area contributed by atoms with Crippen LogP contribution in [0.5, 0.6) is 0 Å². The molecule has 1 saturated carbocycles. The molecule has 1 aromatic carbocycles. The number of rotatable bonds is 0. The molecule has 4 bridgehead atoms. The SMILES string of the molecule is CC1=CC2C=CN=C3c4cc(C)cc(c4)CCCC4CCCCC4C1=CC32. The summed E-state index contributed by atoms with van der Waals surface area (Å²) in [6.07, 6.45) is 19.0. The van der Waals surface area contributed by atoms with Crippen molar-refractivity contribution in [2.24, 2.45) is 28.7 Å². The second-order valence-corrected chi connectivity index (χ2v) is 9.18. The van der Waals surface area contributed by atoms with Gasteiger partial charge in [-0.2, -0.15) is 0 Å². The maximum atomic E-state index is 4.90. The third-order valence-electron chi connectivity index (χ3n) is 7.29. The third kappa shape index (κ3) is 3.16. The number of aliphatic imine (C=N–C) groups is 1. The Morgan fingerprint density at radius 3 is 2.70 bits per heavy atom. The predicted octanol–water partition coefficient (Wildman–Crippen LogP) is 6.57. The topological polar surface area (TPSA) is 12.4 Å². The van der Waals surface area contributed by atoms with Gasteiger partial charge in [-0.3, -0.25) is 4.99 Å². The third-order valence-corrected chi connectivity index (χ3v) is 7.29. The van der Waals surface area contributed by atoms with E-state index in [-0.39, 0.29) is 0 Å². The van der Waals surface area contributed by atoms with Crippen molar-refractivity contribution in [3.63, 3.8) is 0 Å². The average molecular weight is 358 g/mol. The average Bonchev–Trinajstić information content (AvgIpc) is 2.66. The first kappa shape index (κ1) is 17.2. The van der Waals surface area contributed by atoms with Crippen molar-refractivity contribution in [3.05, 3.63) is 70.5 Å². The lowest BCUT2D eigenvalue weighted by Gasteiger charge is -2.38. The van der Waals surface area contributed by atoms with Crippen LogP contribution in [0.2, 0.25) is 0 Å². The largest absolute Gasteiger partial charge is 0.260 e. The molecule has 0 saturated heterocycles. The fraction of sp³-hybridized carbons (Fsp3) is 0.500. The van der Waals surface area contributed by atoms with Crippen molar-refractivity contribution in [1.29, 1.82) is 0 Å². The molecule has 0 N–H and O–H groups in total. The highest BCUT2D eigenvalue weighted by molar-refractivity contribution is 6.05. The standard InChI is InChI=1S/C26H31N/c1-17-12-19-6-5-8-20-7-3-4-9-23(20)24-16-25-21(14-18(24)2)10-11-27-26(25)22(13-17)15-19/h10-16,20-21,23,25H,3-9H2,1-2H3. The maximum Gasteiger partial charge on any atom is 0.0553 e. The minimum Gasteiger partial charge on any atom is -0.260 e. The van der Waals surface area contributed by atoms with Gasteiger partial charge in [0, 0.05) is 18.0 Å². The Labute approximate surface area is 164 Å². The van der Waals surface area contributed by atoms with Crippen LogP contribution in [0.15, 0.2) is 58.8 Å². The lowest BCUT2D eigenvalue weighted by Crippen LogP contribution is -2.30. The minimum absolute atomic E-state index is 0.408. The van der Waals surface area contributed by atoms with Crippen LogP contribution >= 0.6 is 0 Å². The molecule has 0 amide bonds. The Hall–Kier alpha value is -1.89. The van der Waals surface area contributed by atoms with Gasteiger partial charge in [0.25, 0.3) is 0 Å². The smallest absolute Gasteiger partial charge is 0.0553 e. The number of nitrogens with zero attached hydrogens (tertiary/aromatic N) is 1. The minimum atomic E-state index is 0.408. The summed E-state index contributed by atoms with van der Waals surface area (Å²) < 4.78 is 0. The van der Waals surface area contributed by atoms with Gasteiger partial charge in [-0.1, -0.05) is 54.3 Å². The van der Waals surface area contributed by atoms with Crippen molar-refractivity contribution in [2.75, 3.05) is 0 Å². The normalized spacial score (nSPS) is 32.3. The molecule has 1 heterocycles. The number of benzene rings is 1. The molecule has 4 unspecified atom stereocenters.